The summed E-state index contributed by atoms with van der Waals surface area (Å²) in [7, 11) is 0. The van der Waals surface area contributed by atoms with Crippen molar-refractivity contribution in [1.29, 1.82) is 5.26 Å². The average molecular weight is 245 g/mol. The minimum atomic E-state index is -0.0651. The zero-order valence-corrected chi connectivity index (χ0v) is 10.3. The molecule has 1 aromatic carbocycles. The second-order valence-corrected chi connectivity index (χ2v) is 4.23. The Labute approximate surface area is 106 Å². The van der Waals surface area contributed by atoms with Crippen molar-refractivity contribution in [3.63, 3.8) is 0 Å². The molecule has 1 aliphatic carbocycles. The number of rotatable bonds is 4. The predicted octanol–water partition coefficient (Wildman–Crippen LogP) is 2.46. The molecular weight excluding hydrogens is 230 g/mol. The monoisotopic (exact) mass is 245 g/mol. The fraction of sp³-hybridized carbons (Fsp3) is 0.429. The quantitative estimate of drug-likeness (QED) is 0.817. The molecule has 1 unspecified atom stereocenters. The molecule has 0 aliphatic heterocycles. The highest BCUT2D eigenvalue weighted by Crippen LogP contribution is 2.31. The Balaban J connectivity index is 2.16. The predicted molar refractivity (Wildman–Crippen MR) is 65.6 cm³/mol. The van der Waals surface area contributed by atoms with E-state index in [4.69, 9.17) is 14.7 Å². The smallest absolute Gasteiger partial charge is 0.162 e. The lowest BCUT2D eigenvalue weighted by molar-refractivity contribution is -0.117. The summed E-state index contributed by atoms with van der Waals surface area (Å²) in [5.74, 6) is 1.41. The maximum absolute atomic E-state index is 11.2. The van der Waals surface area contributed by atoms with E-state index in [1.54, 1.807) is 18.2 Å². The van der Waals surface area contributed by atoms with E-state index in [-0.39, 0.29) is 11.9 Å². The number of benzene rings is 1. The molecule has 1 atom stereocenters. The van der Waals surface area contributed by atoms with E-state index in [1.807, 2.05) is 6.92 Å². The SMILES string of the molecule is CCOc1cc(C#N)ccc1OC1CCC(=O)C1. The fourth-order valence-corrected chi connectivity index (χ4v) is 2.00. The number of Topliss-reactive ketones (excluding diaryl/α,β-unsaturated/α-hetero) is 1. The van der Waals surface area contributed by atoms with Crippen molar-refractivity contribution in [1.82, 2.24) is 0 Å². The van der Waals surface area contributed by atoms with E-state index in [0.717, 1.165) is 6.42 Å². The van der Waals surface area contributed by atoms with Gasteiger partial charge < -0.3 is 9.47 Å². The molecular formula is C14H15NO3. The van der Waals surface area contributed by atoms with Gasteiger partial charge in [0.25, 0.3) is 0 Å². The van der Waals surface area contributed by atoms with Gasteiger partial charge in [-0.2, -0.15) is 5.26 Å². The number of carbonyl (C=O) groups is 1. The summed E-state index contributed by atoms with van der Waals surface area (Å²) >= 11 is 0. The zero-order chi connectivity index (χ0) is 13.0. The molecule has 94 valence electrons. The van der Waals surface area contributed by atoms with Crippen molar-refractivity contribution < 1.29 is 14.3 Å². The van der Waals surface area contributed by atoms with Crippen molar-refractivity contribution in [2.75, 3.05) is 6.61 Å². The summed E-state index contributed by atoms with van der Waals surface area (Å²) in [6.45, 7) is 2.39. The first-order chi connectivity index (χ1) is 8.72. The molecule has 4 heteroatoms. The molecule has 0 radical (unpaired) electrons. The minimum Gasteiger partial charge on any atom is -0.490 e. The molecule has 0 spiro atoms. The van der Waals surface area contributed by atoms with Crippen LogP contribution in [0.2, 0.25) is 0 Å². The molecule has 0 heterocycles. The Kier molecular flexibility index (Phi) is 3.83. The molecule has 1 aromatic rings. The van der Waals surface area contributed by atoms with Crippen LogP contribution < -0.4 is 9.47 Å². The molecule has 0 aromatic heterocycles. The van der Waals surface area contributed by atoms with E-state index >= 15 is 0 Å². The molecule has 2 rings (SSSR count). The van der Waals surface area contributed by atoms with Gasteiger partial charge in [0.1, 0.15) is 11.9 Å². The van der Waals surface area contributed by atoms with Gasteiger partial charge in [-0.05, 0) is 25.5 Å². The lowest BCUT2D eigenvalue weighted by Gasteiger charge is -2.16. The Morgan fingerprint density at radius 1 is 1.44 bits per heavy atom. The summed E-state index contributed by atoms with van der Waals surface area (Å²) in [4.78, 5) is 11.2. The third-order valence-electron chi connectivity index (χ3n) is 2.87. The van der Waals surface area contributed by atoms with Gasteiger partial charge in [0.05, 0.1) is 18.2 Å². The highest BCUT2D eigenvalue weighted by molar-refractivity contribution is 5.81. The van der Waals surface area contributed by atoms with Crippen LogP contribution in [0.3, 0.4) is 0 Å². The zero-order valence-electron chi connectivity index (χ0n) is 10.3. The highest BCUT2D eigenvalue weighted by Gasteiger charge is 2.24. The number of ketones is 1. The van der Waals surface area contributed by atoms with Gasteiger partial charge in [0.15, 0.2) is 11.5 Å². The second-order valence-electron chi connectivity index (χ2n) is 4.23. The molecule has 0 N–H and O–H groups in total. The normalized spacial score (nSPS) is 18.4. The van der Waals surface area contributed by atoms with Crippen LogP contribution in [0, 0.1) is 11.3 Å². The molecule has 0 bridgehead atoms. The van der Waals surface area contributed by atoms with Crippen molar-refractivity contribution in [2.24, 2.45) is 0 Å². The first kappa shape index (κ1) is 12.4. The van der Waals surface area contributed by atoms with Gasteiger partial charge in [0, 0.05) is 18.9 Å². The second kappa shape index (κ2) is 5.54. The van der Waals surface area contributed by atoms with Crippen LogP contribution in [0.25, 0.3) is 0 Å². The number of hydrogen-bond acceptors (Lipinski definition) is 4. The maximum atomic E-state index is 11.2. The van der Waals surface area contributed by atoms with Crippen LogP contribution in [-0.4, -0.2) is 18.5 Å². The van der Waals surface area contributed by atoms with E-state index in [9.17, 15) is 4.79 Å². The van der Waals surface area contributed by atoms with Crippen LogP contribution >= 0.6 is 0 Å². The lowest BCUT2D eigenvalue weighted by Crippen LogP contribution is -2.13. The summed E-state index contributed by atoms with van der Waals surface area (Å²) < 4.78 is 11.2. The Morgan fingerprint density at radius 3 is 2.89 bits per heavy atom. The van der Waals surface area contributed by atoms with Gasteiger partial charge >= 0.3 is 0 Å². The van der Waals surface area contributed by atoms with Crippen LogP contribution in [0.5, 0.6) is 11.5 Å². The number of hydrogen-bond donors (Lipinski definition) is 0. The summed E-state index contributed by atoms with van der Waals surface area (Å²) in [5.41, 5.74) is 0.535. The van der Waals surface area contributed by atoms with Crippen molar-refractivity contribution in [3.8, 4) is 17.6 Å². The third kappa shape index (κ3) is 2.80. The standard InChI is InChI=1S/C14H15NO3/c1-2-17-14-7-10(9-15)3-6-13(14)18-12-5-4-11(16)8-12/h3,6-7,12H,2,4-5,8H2,1H3. The van der Waals surface area contributed by atoms with Crippen LogP contribution in [0.4, 0.5) is 0 Å². The van der Waals surface area contributed by atoms with Crippen molar-refractivity contribution in [3.05, 3.63) is 23.8 Å². The van der Waals surface area contributed by atoms with Crippen LogP contribution in [0.15, 0.2) is 18.2 Å². The third-order valence-corrected chi connectivity index (χ3v) is 2.87. The summed E-state index contributed by atoms with van der Waals surface area (Å²) in [6, 6.07) is 7.14. The molecule has 1 saturated carbocycles. The van der Waals surface area contributed by atoms with Gasteiger partial charge in [-0.1, -0.05) is 0 Å². The van der Waals surface area contributed by atoms with E-state index in [2.05, 4.69) is 6.07 Å². The summed E-state index contributed by atoms with van der Waals surface area (Å²) in [5, 5.41) is 8.85. The first-order valence-corrected chi connectivity index (χ1v) is 6.08. The van der Waals surface area contributed by atoms with Crippen molar-refractivity contribution >= 4 is 5.78 Å². The lowest BCUT2D eigenvalue weighted by atomic mass is 10.2. The Morgan fingerprint density at radius 2 is 2.28 bits per heavy atom. The first-order valence-electron chi connectivity index (χ1n) is 6.08. The van der Waals surface area contributed by atoms with Gasteiger partial charge in [-0.3, -0.25) is 4.79 Å². The van der Waals surface area contributed by atoms with E-state index < -0.39 is 0 Å². The number of ether oxygens (including phenoxy) is 2. The van der Waals surface area contributed by atoms with Gasteiger partial charge in [-0.15, -0.1) is 0 Å². The molecule has 18 heavy (non-hydrogen) atoms. The molecule has 0 amide bonds. The summed E-state index contributed by atoms with van der Waals surface area (Å²) in [6.07, 6.45) is 1.74. The van der Waals surface area contributed by atoms with Gasteiger partial charge in [0.2, 0.25) is 0 Å². The minimum absolute atomic E-state index is 0.0651. The molecule has 1 aliphatic rings. The Bertz CT molecular complexity index is 490. The van der Waals surface area contributed by atoms with E-state index in [0.29, 0.717) is 36.5 Å². The topological polar surface area (TPSA) is 59.3 Å². The number of nitriles is 1. The molecule has 0 saturated heterocycles. The largest absolute Gasteiger partial charge is 0.490 e. The highest BCUT2D eigenvalue weighted by atomic mass is 16.5. The number of carbonyl (C=O) groups excluding carboxylic acids is 1. The molecule has 1 fully saturated rings. The van der Waals surface area contributed by atoms with Crippen LogP contribution in [0.1, 0.15) is 31.7 Å². The molecule has 4 nitrogen and oxygen atoms in total. The van der Waals surface area contributed by atoms with Gasteiger partial charge in [-0.25, -0.2) is 0 Å². The Hall–Kier alpha value is -2.02. The van der Waals surface area contributed by atoms with Crippen LogP contribution in [-0.2, 0) is 4.79 Å². The van der Waals surface area contributed by atoms with Crippen molar-refractivity contribution in [2.45, 2.75) is 32.3 Å². The fourth-order valence-electron chi connectivity index (χ4n) is 2.00. The average Bonchev–Trinajstić information content (AvgIpc) is 2.77. The maximum Gasteiger partial charge on any atom is 0.162 e. The number of nitrogens with zero attached hydrogens (tertiary/aromatic N) is 1. The van der Waals surface area contributed by atoms with E-state index in [1.165, 1.54) is 0 Å².